The summed E-state index contributed by atoms with van der Waals surface area (Å²) in [5, 5.41) is 2.93. The van der Waals surface area contributed by atoms with Gasteiger partial charge in [0.15, 0.2) is 11.1 Å². The highest BCUT2D eigenvalue weighted by Crippen LogP contribution is 2.53. The normalized spacial score (nSPS) is 42.7. The summed E-state index contributed by atoms with van der Waals surface area (Å²) in [5.74, 6) is 0.0180. The molecule has 4 atom stereocenters. The SMILES string of the molecule is CC12OC(=O)C1(C[C@@H]1C=CCCC1)NC(=O)C2CCCl. The predicted octanol–water partition coefficient (Wildman–Crippen LogP) is 2.16. The number of allylic oxidation sites excluding steroid dienone is 2. The fraction of sp³-hybridized carbons (Fsp3) is 0.733. The topological polar surface area (TPSA) is 55.4 Å². The summed E-state index contributed by atoms with van der Waals surface area (Å²) in [4.78, 5) is 24.3. The summed E-state index contributed by atoms with van der Waals surface area (Å²) in [6, 6.07) is 0. The Balaban J connectivity index is 1.86. The van der Waals surface area contributed by atoms with Crippen LogP contribution in [-0.2, 0) is 14.3 Å². The Morgan fingerprint density at radius 1 is 1.50 bits per heavy atom. The van der Waals surface area contributed by atoms with Crippen molar-refractivity contribution in [3.05, 3.63) is 12.2 Å². The number of alkyl halides is 1. The highest BCUT2D eigenvalue weighted by Gasteiger charge is 2.75. The molecule has 4 nitrogen and oxygen atoms in total. The summed E-state index contributed by atoms with van der Waals surface area (Å²) in [6.45, 7) is 1.87. The molecule has 1 amide bonds. The largest absolute Gasteiger partial charge is 0.453 e. The van der Waals surface area contributed by atoms with E-state index in [-0.39, 0.29) is 17.8 Å². The van der Waals surface area contributed by atoms with Crippen LogP contribution in [0, 0.1) is 11.8 Å². The van der Waals surface area contributed by atoms with Crippen molar-refractivity contribution in [3.8, 4) is 0 Å². The molecule has 2 fully saturated rings. The van der Waals surface area contributed by atoms with Crippen molar-refractivity contribution in [1.82, 2.24) is 5.32 Å². The average Bonchev–Trinajstić information content (AvgIpc) is 2.59. The highest BCUT2D eigenvalue weighted by molar-refractivity contribution is 6.18. The minimum absolute atomic E-state index is 0.0983. The number of hydrogen-bond donors (Lipinski definition) is 1. The van der Waals surface area contributed by atoms with E-state index in [4.69, 9.17) is 16.3 Å². The molecular formula is C15H20ClNO3. The second kappa shape index (κ2) is 4.76. The van der Waals surface area contributed by atoms with Crippen molar-refractivity contribution in [2.45, 2.75) is 50.2 Å². The van der Waals surface area contributed by atoms with Gasteiger partial charge in [-0.1, -0.05) is 12.2 Å². The molecule has 0 saturated carbocycles. The minimum Gasteiger partial charge on any atom is -0.453 e. The lowest BCUT2D eigenvalue weighted by atomic mass is 9.66. The number of halogens is 1. The molecular weight excluding hydrogens is 278 g/mol. The summed E-state index contributed by atoms with van der Waals surface area (Å²) in [6.07, 6.45) is 8.83. The fourth-order valence-corrected chi connectivity index (χ4v) is 4.13. The summed E-state index contributed by atoms with van der Waals surface area (Å²) < 4.78 is 5.43. The molecule has 2 aliphatic heterocycles. The molecule has 110 valence electrons. The van der Waals surface area contributed by atoms with Crippen molar-refractivity contribution in [2.75, 3.05) is 5.88 Å². The van der Waals surface area contributed by atoms with Crippen molar-refractivity contribution in [1.29, 1.82) is 0 Å². The van der Waals surface area contributed by atoms with Crippen LogP contribution in [0.25, 0.3) is 0 Å². The van der Waals surface area contributed by atoms with Gasteiger partial charge in [0.2, 0.25) is 5.91 Å². The van der Waals surface area contributed by atoms with Crippen molar-refractivity contribution in [3.63, 3.8) is 0 Å². The maximum Gasteiger partial charge on any atom is 0.336 e. The molecule has 0 radical (unpaired) electrons. The molecule has 3 unspecified atom stereocenters. The van der Waals surface area contributed by atoms with Gasteiger partial charge < -0.3 is 10.1 Å². The molecule has 1 N–H and O–H groups in total. The van der Waals surface area contributed by atoms with E-state index in [9.17, 15) is 9.59 Å². The van der Waals surface area contributed by atoms with Gasteiger partial charge in [0.1, 0.15) is 0 Å². The van der Waals surface area contributed by atoms with Crippen LogP contribution in [0.2, 0.25) is 0 Å². The molecule has 3 rings (SSSR count). The number of esters is 1. The summed E-state index contributed by atoms with van der Waals surface area (Å²) >= 11 is 5.79. The van der Waals surface area contributed by atoms with Gasteiger partial charge in [0.05, 0.1) is 5.92 Å². The summed E-state index contributed by atoms with van der Waals surface area (Å²) in [5.41, 5.74) is -1.57. The van der Waals surface area contributed by atoms with Gasteiger partial charge in [-0.3, -0.25) is 4.79 Å². The lowest BCUT2D eigenvalue weighted by molar-refractivity contribution is -0.222. The number of hydrogen-bond acceptors (Lipinski definition) is 3. The third-order valence-electron chi connectivity index (χ3n) is 5.14. The lowest BCUT2D eigenvalue weighted by Crippen LogP contribution is -2.74. The van der Waals surface area contributed by atoms with Gasteiger partial charge in [0, 0.05) is 5.88 Å². The Morgan fingerprint density at radius 2 is 2.30 bits per heavy atom. The van der Waals surface area contributed by atoms with Gasteiger partial charge in [-0.2, -0.15) is 0 Å². The van der Waals surface area contributed by atoms with Crippen LogP contribution in [0.4, 0.5) is 0 Å². The Labute approximate surface area is 123 Å². The van der Waals surface area contributed by atoms with Crippen molar-refractivity contribution in [2.24, 2.45) is 11.8 Å². The molecule has 2 heterocycles. The third kappa shape index (κ3) is 1.73. The van der Waals surface area contributed by atoms with Gasteiger partial charge >= 0.3 is 5.97 Å². The van der Waals surface area contributed by atoms with Gasteiger partial charge in [-0.25, -0.2) is 4.79 Å². The number of ether oxygens (including phenoxy) is 1. The van der Waals surface area contributed by atoms with Crippen molar-refractivity contribution < 1.29 is 14.3 Å². The maximum absolute atomic E-state index is 12.2. The van der Waals surface area contributed by atoms with Crippen molar-refractivity contribution >= 4 is 23.5 Å². The standard InChI is InChI=1S/C15H20ClNO3/c1-14-11(7-8-16)12(18)17-15(14,13(19)20-14)9-10-5-3-2-4-6-10/h3,5,10-11H,2,4,6-9H2,1H3,(H,17,18)/t10-,11?,14?,15?/m1/s1. The van der Waals surface area contributed by atoms with E-state index in [2.05, 4.69) is 17.5 Å². The minimum atomic E-state index is -0.840. The first-order valence-electron chi connectivity index (χ1n) is 7.31. The Morgan fingerprint density at radius 3 is 2.90 bits per heavy atom. The maximum atomic E-state index is 12.2. The second-order valence-electron chi connectivity index (χ2n) is 6.24. The lowest BCUT2D eigenvalue weighted by Gasteiger charge is -2.52. The van der Waals surface area contributed by atoms with E-state index in [0.717, 1.165) is 19.3 Å². The molecule has 5 heteroatoms. The first kappa shape index (κ1) is 13.9. The van der Waals surface area contributed by atoms with E-state index in [0.29, 0.717) is 24.6 Å². The molecule has 20 heavy (non-hydrogen) atoms. The molecule has 0 spiro atoms. The highest BCUT2D eigenvalue weighted by atomic mass is 35.5. The monoisotopic (exact) mass is 297 g/mol. The summed E-state index contributed by atoms with van der Waals surface area (Å²) in [7, 11) is 0. The number of amides is 1. The van der Waals surface area contributed by atoms with Gasteiger partial charge in [-0.15, -0.1) is 11.6 Å². The Kier molecular flexibility index (Phi) is 3.32. The molecule has 0 aromatic carbocycles. The van der Waals surface area contributed by atoms with Crippen LogP contribution in [0.5, 0.6) is 0 Å². The van der Waals surface area contributed by atoms with E-state index >= 15 is 0 Å². The average molecular weight is 298 g/mol. The van der Waals surface area contributed by atoms with E-state index in [1.807, 2.05) is 6.92 Å². The van der Waals surface area contributed by atoms with E-state index in [1.165, 1.54) is 0 Å². The van der Waals surface area contributed by atoms with Crippen LogP contribution in [0.1, 0.15) is 39.0 Å². The molecule has 0 aromatic rings. The molecule has 3 aliphatic rings. The van der Waals surface area contributed by atoms with Gasteiger partial charge in [-0.05, 0) is 44.9 Å². The Hall–Kier alpha value is -1.03. The molecule has 0 aromatic heterocycles. The molecule has 2 saturated heterocycles. The van der Waals surface area contributed by atoms with Gasteiger partial charge in [0.25, 0.3) is 0 Å². The molecule has 0 bridgehead atoms. The van der Waals surface area contributed by atoms with E-state index < -0.39 is 11.1 Å². The quantitative estimate of drug-likeness (QED) is 0.491. The number of rotatable bonds is 4. The van der Waals surface area contributed by atoms with Crippen LogP contribution >= 0.6 is 11.6 Å². The number of fused-ring (bicyclic) bond motifs is 1. The third-order valence-corrected chi connectivity index (χ3v) is 5.36. The zero-order chi connectivity index (χ0) is 14.4. The van der Waals surface area contributed by atoms with Crippen LogP contribution in [0.15, 0.2) is 12.2 Å². The predicted molar refractivity (Wildman–Crippen MR) is 75.3 cm³/mol. The number of carbonyl (C=O) groups is 2. The van der Waals surface area contributed by atoms with Crippen LogP contribution in [-0.4, -0.2) is 28.9 Å². The zero-order valence-electron chi connectivity index (χ0n) is 11.7. The van der Waals surface area contributed by atoms with Crippen LogP contribution < -0.4 is 5.32 Å². The number of carbonyl (C=O) groups excluding carboxylic acids is 2. The smallest absolute Gasteiger partial charge is 0.336 e. The van der Waals surface area contributed by atoms with E-state index in [1.54, 1.807) is 0 Å². The zero-order valence-corrected chi connectivity index (χ0v) is 12.4. The fourth-order valence-electron chi connectivity index (χ4n) is 3.91. The second-order valence-corrected chi connectivity index (χ2v) is 6.62. The Bertz CT molecular complexity index is 478. The van der Waals surface area contributed by atoms with Crippen LogP contribution in [0.3, 0.4) is 0 Å². The first-order valence-corrected chi connectivity index (χ1v) is 7.85. The molecule has 1 aliphatic carbocycles. The first-order chi connectivity index (χ1) is 9.53. The number of nitrogens with one attached hydrogen (secondary N) is 1.